The van der Waals surface area contributed by atoms with Crippen LogP contribution < -0.4 is 64.5 Å². The van der Waals surface area contributed by atoms with E-state index in [4.69, 9.17) is 14.2 Å². The van der Waals surface area contributed by atoms with E-state index in [1.54, 1.807) is 20.8 Å². The van der Waals surface area contributed by atoms with Crippen molar-refractivity contribution in [1.82, 2.24) is 66.7 Å². The number of ether oxygens (including phenoxy) is 3. The zero-order valence-electron chi connectivity index (χ0n) is 41.9. The highest BCUT2D eigenvalue weighted by molar-refractivity contribution is 5.88. The highest BCUT2D eigenvalue weighted by atomic mass is 16.6. The summed E-state index contributed by atoms with van der Waals surface area (Å²) in [5.74, 6) is 0.196. The topological polar surface area (TPSA) is 379 Å². The number of H-pyrrole nitrogens is 3. The summed E-state index contributed by atoms with van der Waals surface area (Å²) >= 11 is 0. The maximum absolute atomic E-state index is 12.4. The number of amides is 9. The van der Waals surface area contributed by atoms with Crippen LogP contribution in [-0.2, 0) is 14.2 Å². The van der Waals surface area contributed by atoms with Gasteiger partial charge in [-0.25, -0.2) is 43.7 Å². The van der Waals surface area contributed by atoms with Crippen molar-refractivity contribution < 1.29 is 43.0 Å². The number of nitrogens with zero attached hydrogens (tertiary/aromatic N) is 4. The molecule has 28 nitrogen and oxygen atoms in total. The smallest absolute Gasteiger partial charge is 0.407 e. The highest BCUT2D eigenvalue weighted by Crippen LogP contribution is 2.03. The Morgan fingerprint density at radius 2 is 0.658 bits per heavy atom. The number of rotatable bonds is 33. The van der Waals surface area contributed by atoms with Gasteiger partial charge < -0.3 is 46.1 Å². The summed E-state index contributed by atoms with van der Waals surface area (Å²) in [6.45, 7) is 8.16. The van der Waals surface area contributed by atoms with E-state index in [0.717, 1.165) is 38.5 Å². The summed E-state index contributed by atoms with van der Waals surface area (Å²) in [7, 11) is 0. The van der Waals surface area contributed by atoms with E-state index in [1.165, 1.54) is 18.2 Å². The molecule has 0 unspecified atom stereocenters. The maximum Gasteiger partial charge on any atom is 0.407 e. The minimum atomic E-state index is -0.598. The summed E-state index contributed by atoms with van der Waals surface area (Å²) in [6, 6.07) is 2.51. The number of aryl methyl sites for hydroxylation is 3. The van der Waals surface area contributed by atoms with E-state index in [1.807, 2.05) is 4.90 Å². The molecule has 404 valence electrons. The third kappa shape index (κ3) is 29.9. The van der Waals surface area contributed by atoms with Crippen molar-refractivity contribution in [2.45, 2.75) is 97.8 Å². The van der Waals surface area contributed by atoms with Crippen LogP contribution in [0.2, 0.25) is 0 Å². The van der Waals surface area contributed by atoms with E-state index < -0.39 is 36.4 Å². The van der Waals surface area contributed by atoms with Crippen LogP contribution in [0, 0.1) is 20.8 Å². The Labute approximate surface area is 421 Å². The molecule has 3 rings (SSSR count). The SMILES string of the molecule is Cc1cc(=O)[nH]c(NC(=O)NCCCCCCNC(=O)OCCN(CCOC(=O)NCCCCCCNC(=O)Nc2nc(C)cc(=O)[nH]2)CCOC(=O)NCCCCCCNC(=O)Nc2nc(C)cc(=O)[nH]2)n1. The summed E-state index contributed by atoms with van der Waals surface area (Å²) in [5, 5.41) is 23.7. The lowest BCUT2D eigenvalue weighted by Gasteiger charge is -2.22. The molecule has 3 aromatic rings. The fourth-order valence-corrected chi connectivity index (χ4v) is 6.65. The standard InChI is InChI=1S/C45H72N16O12/c1-31-28-34(62)55-37(52-31)58-40(65)46-16-10-4-7-13-19-49-43(68)71-25-22-61(23-26-72-44(69)50-20-14-8-5-11-17-47-41(66)59-38-53-32(2)29-35(63)56-38)24-27-73-45(70)51-21-15-9-6-12-18-48-42(67)60-39-54-33(3)30-36(64)57-39/h28-30H,4-27H2,1-3H3,(H,49,68)(H,50,69)(H,51,70)(H3,46,52,55,58,62,65)(H3,47,53,56,59,63,66)(H3,48,54,57,60,64,67). The first kappa shape index (κ1) is 59.5. The van der Waals surface area contributed by atoms with Gasteiger partial charge in [0.15, 0.2) is 0 Å². The van der Waals surface area contributed by atoms with Gasteiger partial charge in [0, 0.05) is 94.2 Å². The minimum absolute atomic E-state index is 0.0138. The van der Waals surface area contributed by atoms with Crippen LogP contribution in [0.3, 0.4) is 0 Å². The number of nitrogens with one attached hydrogen (secondary N) is 12. The van der Waals surface area contributed by atoms with Gasteiger partial charge in [0.05, 0.1) is 0 Å². The van der Waals surface area contributed by atoms with Crippen LogP contribution in [0.1, 0.15) is 94.1 Å². The zero-order valence-corrected chi connectivity index (χ0v) is 41.9. The van der Waals surface area contributed by atoms with E-state index in [-0.39, 0.29) is 74.0 Å². The average Bonchev–Trinajstić information content (AvgIpc) is 3.30. The van der Waals surface area contributed by atoms with Gasteiger partial charge in [-0.3, -0.25) is 50.2 Å². The first-order valence-electron chi connectivity index (χ1n) is 24.5. The van der Waals surface area contributed by atoms with Gasteiger partial charge in [-0.2, -0.15) is 0 Å². The lowest BCUT2D eigenvalue weighted by atomic mass is 10.2. The molecule has 0 spiro atoms. The molecule has 0 bridgehead atoms. The lowest BCUT2D eigenvalue weighted by molar-refractivity contribution is 0.0898. The number of aromatic nitrogens is 6. The second kappa shape index (κ2) is 35.3. The zero-order chi connectivity index (χ0) is 53.1. The molecule has 0 aliphatic carbocycles. The third-order valence-electron chi connectivity index (χ3n) is 10.2. The Hall–Kier alpha value is -7.78. The maximum atomic E-state index is 12.4. The Kier molecular flexibility index (Phi) is 28.8. The number of alkyl carbamates (subject to hydrolysis) is 3. The average molecular weight is 1030 g/mol. The van der Waals surface area contributed by atoms with Crippen molar-refractivity contribution in [3.63, 3.8) is 0 Å². The van der Waals surface area contributed by atoms with Crippen LogP contribution >= 0.6 is 0 Å². The van der Waals surface area contributed by atoms with E-state index in [2.05, 4.69) is 77.8 Å². The van der Waals surface area contributed by atoms with Gasteiger partial charge in [0.2, 0.25) is 17.8 Å². The van der Waals surface area contributed by atoms with E-state index in [9.17, 15) is 43.2 Å². The molecule has 3 heterocycles. The fourth-order valence-electron chi connectivity index (χ4n) is 6.65. The van der Waals surface area contributed by atoms with Crippen LogP contribution in [0.5, 0.6) is 0 Å². The lowest BCUT2D eigenvalue weighted by Crippen LogP contribution is -2.37. The fraction of sp³-hybridized carbons (Fsp3) is 0.600. The van der Waals surface area contributed by atoms with Crippen molar-refractivity contribution in [3.05, 3.63) is 66.3 Å². The van der Waals surface area contributed by atoms with E-state index in [0.29, 0.717) is 94.9 Å². The Bertz CT molecular complexity index is 2110. The van der Waals surface area contributed by atoms with Crippen molar-refractivity contribution in [3.8, 4) is 0 Å². The van der Waals surface area contributed by atoms with Crippen molar-refractivity contribution >= 4 is 54.2 Å². The summed E-state index contributed by atoms with van der Waals surface area (Å²) in [4.78, 5) is 129. The first-order chi connectivity index (χ1) is 35.1. The number of unbranched alkanes of at least 4 members (excludes halogenated alkanes) is 9. The predicted molar refractivity (Wildman–Crippen MR) is 270 cm³/mol. The predicted octanol–water partition coefficient (Wildman–Crippen LogP) is 2.79. The molecule has 0 saturated carbocycles. The summed E-state index contributed by atoms with van der Waals surface area (Å²) < 4.78 is 16.1. The Morgan fingerprint density at radius 1 is 0.411 bits per heavy atom. The molecular weight excluding hydrogens is 957 g/mol. The number of carbonyl (C=O) groups is 6. The summed E-state index contributed by atoms with van der Waals surface area (Å²) in [6.07, 6.45) is 7.17. The van der Waals surface area contributed by atoms with Crippen LogP contribution in [0.4, 0.5) is 46.6 Å². The van der Waals surface area contributed by atoms with Crippen LogP contribution in [0.15, 0.2) is 32.6 Å². The van der Waals surface area contributed by atoms with Gasteiger partial charge in [-0.05, 0) is 59.3 Å². The number of urea groups is 3. The molecule has 0 aliphatic rings. The molecule has 0 saturated heterocycles. The third-order valence-corrected chi connectivity index (χ3v) is 10.2. The second-order valence-electron chi connectivity index (χ2n) is 16.6. The molecule has 0 radical (unpaired) electrons. The molecule has 9 amide bonds. The normalized spacial score (nSPS) is 10.7. The number of hydrogen-bond donors (Lipinski definition) is 12. The summed E-state index contributed by atoms with van der Waals surface area (Å²) in [5.41, 5.74) is 0.347. The monoisotopic (exact) mass is 1030 g/mol. The molecule has 0 fully saturated rings. The van der Waals surface area contributed by atoms with E-state index >= 15 is 0 Å². The molecule has 12 N–H and O–H groups in total. The number of hydrogen-bond acceptors (Lipinski definition) is 16. The number of aromatic amines is 3. The van der Waals surface area contributed by atoms with Gasteiger partial charge in [-0.15, -0.1) is 0 Å². The minimum Gasteiger partial charge on any atom is -0.448 e. The van der Waals surface area contributed by atoms with Crippen molar-refractivity contribution in [2.75, 3.05) is 94.7 Å². The van der Waals surface area contributed by atoms with Gasteiger partial charge in [0.25, 0.3) is 16.7 Å². The van der Waals surface area contributed by atoms with Crippen molar-refractivity contribution in [2.24, 2.45) is 0 Å². The quantitative estimate of drug-likeness (QED) is 0.0308. The molecular formula is C45H72N16O12. The number of anilines is 3. The molecule has 3 aromatic heterocycles. The highest BCUT2D eigenvalue weighted by Gasteiger charge is 2.12. The van der Waals surface area contributed by atoms with Gasteiger partial charge in [0.1, 0.15) is 19.8 Å². The van der Waals surface area contributed by atoms with Crippen molar-refractivity contribution in [1.29, 1.82) is 0 Å². The van der Waals surface area contributed by atoms with Crippen LogP contribution in [-0.4, -0.2) is 150 Å². The molecule has 0 atom stereocenters. The largest absolute Gasteiger partial charge is 0.448 e. The Morgan fingerprint density at radius 3 is 0.904 bits per heavy atom. The molecule has 0 aromatic carbocycles. The van der Waals surface area contributed by atoms with Crippen LogP contribution in [0.25, 0.3) is 0 Å². The molecule has 0 aliphatic heterocycles. The van der Waals surface area contributed by atoms with Gasteiger partial charge in [-0.1, -0.05) is 38.5 Å². The molecule has 28 heteroatoms. The Balaban J connectivity index is 1.27. The first-order valence-corrected chi connectivity index (χ1v) is 24.5. The molecule has 73 heavy (non-hydrogen) atoms. The second-order valence-corrected chi connectivity index (χ2v) is 16.6. The van der Waals surface area contributed by atoms with Gasteiger partial charge >= 0.3 is 36.4 Å². The number of carbonyl (C=O) groups excluding carboxylic acids is 6.